The molecule has 1 amide bonds. The zero-order valence-corrected chi connectivity index (χ0v) is 12.6. The van der Waals surface area contributed by atoms with E-state index in [2.05, 4.69) is 19.2 Å². The first-order valence-corrected chi connectivity index (χ1v) is 6.97. The average molecular weight is 294 g/mol. The SMILES string of the molecule is CC(C)CCC(C)(O)CNC(=O)c1ccccc1[N+](=O)[O-]. The lowest BCUT2D eigenvalue weighted by atomic mass is 9.95. The standard InChI is InChI=1S/C15H22N2O4/c1-11(2)8-9-15(3,19)10-16-14(18)12-6-4-5-7-13(12)17(20)21/h4-7,11,19H,8-10H2,1-3H3,(H,16,18). The monoisotopic (exact) mass is 294 g/mol. The minimum absolute atomic E-state index is 0.00200. The molecule has 0 bridgehead atoms. The first kappa shape index (κ1) is 17.1. The maximum absolute atomic E-state index is 12.0. The van der Waals surface area contributed by atoms with Crippen LogP contribution in [0.4, 0.5) is 5.69 Å². The van der Waals surface area contributed by atoms with Crippen molar-refractivity contribution in [3.63, 3.8) is 0 Å². The molecule has 1 rings (SSSR count). The van der Waals surface area contributed by atoms with E-state index in [1.165, 1.54) is 18.2 Å². The van der Waals surface area contributed by atoms with Crippen LogP contribution in [0.1, 0.15) is 44.0 Å². The fraction of sp³-hybridized carbons (Fsp3) is 0.533. The Morgan fingerprint density at radius 1 is 1.43 bits per heavy atom. The van der Waals surface area contributed by atoms with E-state index in [0.29, 0.717) is 12.3 Å². The van der Waals surface area contributed by atoms with Crippen LogP contribution in [-0.4, -0.2) is 28.1 Å². The summed E-state index contributed by atoms with van der Waals surface area (Å²) in [7, 11) is 0. The van der Waals surface area contributed by atoms with Gasteiger partial charge in [-0.05, 0) is 31.7 Å². The van der Waals surface area contributed by atoms with Gasteiger partial charge < -0.3 is 10.4 Å². The summed E-state index contributed by atoms with van der Waals surface area (Å²) in [6, 6.07) is 5.76. The summed E-state index contributed by atoms with van der Waals surface area (Å²) >= 11 is 0. The van der Waals surface area contributed by atoms with Crippen molar-refractivity contribution in [1.82, 2.24) is 5.32 Å². The van der Waals surface area contributed by atoms with Crippen LogP contribution in [0, 0.1) is 16.0 Å². The molecular weight excluding hydrogens is 272 g/mol. The summed E-state index contributed by atoms with van der Waals surface area (Å²) in [6.45, 7) is 5.82. The molecule has 21 heavy (non-hydrogen) atoms. The van der Waals surface area contributed by atoms with E-state index in [1.807, 2.05) is 0 Å². The minimum atomic E-state index is -1.02. The zero-order chi connectivity index (χ0) is 16.0. The Hall–Kier alpha value is -1.95. The van der Waals surface area contributed by atoms with E-state index < -0.39 is 16.4 Å². The van der Waals surface area contributed by atoms with E-state index in [9.17, 15) is 20.0 Å². The molecule has 6 heteroatoms. The Balaban J connectivity index is 2.68. The molecule has 0 saturated heterocycles. The van der Waals surface area contributed by atoms with Gasteiger partial charge >= 0.3 is 0 Å². The van der Waals surface area contributed by atoms with Gasteiger partial charge in [0.1, 0.15) is 5.56 Å². The highest BCUT2D eigenvalue weighted by atomic mass is 16.6. The van der Waals surface area contributed by atoms with Crippen LogP contribution in [0.15, 0.2) is 24.3 Å². The largest absolute Gasteiger partial charge is 0.388 e. The van der Waals surface area contributed by atoms with Crippen LogP contribution < -0.4 is 5.32 Å². The molecule has 0 aliphatic rings. The highest BCUT2D eigenvalue weighted by molar-refractivity contribution is 5.98. The summed E-state index contributed by atoms with van der Waals surface area (Å²) in [5, 5.41) is 23.6. The van der Waals surface area contributed by atoms with Crippen LogP contribution in [-0.2, 0) is 0 Å². The minimum Gasteiger partial charge on any atom is -0.388 e. The van der Waals surface area contributed by atoms with E-state index >= 15 is 0 Å². The van der Waals surface area contributed by atoms with Crippen molar-refractivity contribution >= 4 is 11.6 Å². The van der Waals surface area contributed by atoms with Crippen molar-refractivity contribution in [2.45, 2.75) is 39.2 Å². The molecule has 116 valence electrons. The van der Waals surface area contributed by atoms with Gasteiger partial charge in [-0.3, -0.25) is 14.9 Å². The number of hydrogen-bond acceptors (Lipinski definition) is 4. The Morgan fingerprint density at radius 2 is 2.05 bits per heavy atom. The van der Waals surface area contributed by atoms with Gasteiger partial charge in [0.15, 0.2) is 0 Å². The average Bonchev–Trinajstić information content (AvgIpc) is 2.43. The predicted octanol–water partition coefficient (Wildman–Crippen LogP) is 2.51. The number of nitro groups is 1. The maximum Gasteiger partial charge on any atom is 0.282 e. The molecule has 0 fully saturated rings. The molecule has 0 aromatic heterocycles. The maximum atomic E-state index is 12.0. The van der Waals surface area contributed by atoms with Crippen molar-refractivity contribution in [3.8, 4) is 0 Å². The number of rotatable bonds is 7. The molecule has 1 aromatic carbocycles. The molecule has 0 aliphatic carbocycles. The summed E-state index contributed by atoms with van der Waals surface area (Å²) in [5.41, 5.74) is -1.26. The number of amides is 1. The van der Waals surface area contributed by atoms with E-state index in [-0.39, 0.29) is 17.8 Å². The molecule has 0 heterocycles. The second-order valence-electron chi connectivity index (χ2n) is 5.89. The Bertz CT molecular complexity index is 512. The second kappa shape index (κ2) is 7.17. The lowest BCUT2D eigenvalue weighted by Gasteiger charge is -2.24. The number of nitrogens with zero attached hydrogens (tertiary/aromatic N) is 1. The number of hydrogen-bond donors (Lipinski definition) is 2. The molecule has 1 unspecified atom stereocenters. The van der Waals surface area contributed by atoms with E-state index in [4.69, 9.17) is 0 Å². The van der Waals surface area contributed by atoms with E-state index in [0.717, 1.165) is 6.42 Å². The summed E-state index contributed by atoms with van der Waals surface area (Å²) in [4.78, 5) is 22.3. The summed E-state index contributed by atoms with van der Waals surface area (Å²) < 4.78 is 0. The van der Waals surface area contributed by atoms with Gasteiger partial charge in [0.05, 0.1) is 10.5 Å². The molecule has 1 atom stereocenters. The predicted molar refractivity (Wildman–Crippen MR) is 80.1 cm³/mol. The molecular formula is C15H22N2O4. The first-order chi connectivity index (χ1) is 9.73. The van der Waals surface area contributed by atoms with Crippen molar-refractivity contribution in [2.24, 2.45) is 5.92 Å². The molecule has 1 aromatic rings. The lowest BCUT2D eigenvalue weighted by Crippen LogP contribution is -2.40. The molecule has 2 N–H and O–H groups in total. The Labute approximate surface area is 124 Å². The van der Waals surface area contributed by atoms with Gasteiger partial charge in [-0.25, -0.2) is 0 Å². The number of nitro benzene ring substituents is 1. The van der Waals surface area contributed by atoms with Crippen LogP contribution in [0.2, 0.25) is 0 Å². The Morgan fingerprint density at radius 3 is 2.62 bits per heavy atom. The third-order valence-electron chi connectivity index (χ3n) is 3.24. The smallest absolute Gasteiger partial charge is 0.282 e. The number of nitrogens with one attached hydrogen (secondary N) is 1. The van der Waals surface area contributed by atoms with Crippen molar-refractivity contribution in [3.05, 3.63) is 39.9 Å². The van der Waals surface area contributed by atoms with Gasteiger partial charge in [0.25, 0.3) is 11.6 Å². The third kappa shape index (κ3) is 5.51. The zero-order valence-electron chi connectivity index (χ0n) is 12.6. The lowest BCUT2D eigenvalue weighted by molar-refractivity contribution is -0.385. The fourth-order valence-corrected chi connectivity index (χ4v) is 1.88. The molecule has 0 spiro atoms. The van der Waals surface area contributed by atoms with Crippen LogP contribution in [0.5, 0.6) is 0 Å². The number of aliphatic hydroxyl groups is 1. The van der Waals surface area contributed by atoms with Crippen LogP contribution >= 0.6 is 0 Å². The molecule has 0 saturated carbocycles. The van der Waals surface area contributed by atoms with Gasteiger partial charge in [-0.1, -0.05) is 26.0 Å². The Kier molecular flexibility index (Phi) is 5.84. The van der Waals surface area contributed by atoms with Crippen molar-refractivity contribution < 1.29 is 14.8 Å². The summed E-state index contributed by atoms with van der Waals surface area (Å²) in [5.74, 6) is -0.0884. The first-order valence-electron chi connectivity index (χ1n) is 6.97. The topological polar surface area (TPSA) is 92.5 Å². The summed E-state index contributed by atoms with van der Waals surface area (Å²) in [6.07, 6.45) is 1.40. The van der Waals surface area contributed by atoms with Gasteiger partial charge in [0.2, 0.25) is 0 Å². The molecule has 0 radical (unpaired) electrons. The van der Waals surface area contributed by atoms with Gasteiger partial charge in [0, 0.05) is 12.6 Å². The van der Waals surface area contributed by atoms with E-state index in [1.54, 1.807) is 13.0 Å². The highest BCUT2D eigenvalue weighted by Gasteiger charge is 2.24. The number of carbonyl (C=O) groups excluding carboxylic acids is 1. The number of carbonyl (C=O) groups is 1. The van der Waals surface area contributed by atoms with Crippen molar-refractivity contribution in [1.29, 1.82) is 0 Å². The fourth-order valence-electron chi connectivity index (χ4n) is 1.88. The van der Waals surface area contributed by atoms with Crippen molar-refractivity contribution in [2.75, 3.05) is 6.54 Å². The number of benzene rings is 1. The quantitative estimate of drug-likeness (QED) is 0.597. The second-order valence-corrected chi connectivity index (χ2v) is 5.89. The van der Waals surface area contributed by atoms with Crippen LogP contribution in [0.3, 0.4) is 0 Å². The molecule has 6 nitrogen and oxygen atoms in total. The normalized spacial score (nSPS) is 13.8. The van der Waals surface area contributed by atoms with Crippen LogP contribution in [0.25, 0.3) is 0 Å². The third-order valence-corrected chi connectivity index (χ3v) is 3.24. The molecule has 0 aliphatic heterocycles. The number of para-hydroxylation sites is 1. The highest BCUT2D eigenvalue weighted by Crippen LogP contribution is 2.19. The van der Waals surface area contributed by atoms with Gasteiger partial charge in [-0.15, -0.1) is 0 Å². The van der Waals surface area contributed by atoms with Gasteiger partial charge in [-0.2, -0.15) is 0 Å².